The summed E-state index contributed by atoms with van der Waals surface area (Å²) in [6.07, 6.45) is 7.33. The van der Waals surface area contributed by atoms with Gasteiger partial charge in [0.1, 0.15) is 0 Å². The fourth-order valence-corrected chi connectivity index (χ4v) is 2.76. The van der Waals surface area contributed by atoms with Gasteiger partial charge in [-0.1, -0.05) is 20.3 Å². The first-order valence-electron chi connectivity index (χ1n) is 6.01. The zero-order chi connectivity index (χ0) is 9.26. The van der Waals surface area contributed by atoms with Gasteiger partial charge in [0.2, 0.25) is 0 Å². The van der Waals surface area contributed by atoms with E-state index in [0.717, 1.165) is 17.9 Å². The third-order valence-corrected chi connectivity index (χ3v) is 4.00. The summed E-state index contributed by atoms with van der Waals surface area (Å²) in [5.74, 6) is 1.95. The molecule has 1 heteroatoms. The van der Waals surface area contributed by atoms with Crippen LogP contribution in [0.2, 0.25) is 0 Å². The standard InChI is InChI=1S/C12H23N/c1-10(2)11-8-12(9-11)13-6-4-3-5-7-13/h10-12H,3-9H2,1-2H3/t11-,12+. The highest BCUT2D eigenvalue weighted by Crippen LogP contribution is 2.37. The Labute approximate surface area is 82.5 Å². The molecular formula is C12H23N. The van der Waals surface area contributed by atoms with Gasteiger partial charge in [0.05, 0.1) is 0 Å². The molecule has 1 heterocycles. The molecule has 0 bridgehead atoms. The fourth-order valence-electron chi connectivity index (χ4n) is 2.76. The van der Waals surface area contributed by atoms with Crippen LogP contribution in [-0.2, 0) is 0 Å². The summed E-state index contributed by atoms with van der Waals surface area (Å²) in [7, 11) is 0. The second-order valence-electron chi connectivity index (χ2n) is 5.23. The van der Waals surface area contributed by atoms with Crippen LogP contribution in [0.1, 0.15) is 46.0 Å². The molecule has 2 fully saturated rings. The molecule has 76 valence electrons. The van der Waals surface area contributed by atoms with E-state index in [2.05, 4.69) is 18.7 Å². The maximum atomic E-state index is 2.74. The molecule has 1 saturated heterocycles. The minimum Gasteiger partial charge on any atom is -0.300 e. The second-order valence-corrected chi connectivity index (χ2v) is 5.23. The summed E-state index contributed by atoms with van der Waals surface area (Å²) in [4.78, 5) is 2.74. The van der Waals surface area contributed by atoms with E-state index in [-0.39, 0.29) is 0 Å². The van der Waals surface area contributed by atoms with Gasteiger partial charge in [0.25, 0.3) is 0 Å². The minimum atomic E-state index is 0.918. The first-order chi connectivity index (χ1) is 6.27. The molecule has 0 N–H and O–H groups in total. The van der Waals surface area contributed by atoms with Crippen molar-refractivity contribution >= 4 is 0 Å². The number of hydrogen-bond donors (Lipinski definition) is 0. The van der Waals surface area contributed by atoms with E-state index < -0.39 is 0 Å². The van der Waals surface area contributed by atoms with Crippen molar-refractivity contribution in [2.24, 2.45) is 11.8 Å². The third-order valence-electron chi connectivity index (χ3n) is 4.00. The number of rotatable bonds is 2. The van der Waals surface area contributed by atoms with Gasteiger partial charge < -0.3 is 4.90 Å². The Morgan fingerprint density at radius 2 is 1.62 bits per heavy atom. The van der Waals surface area contributed by atoms with Crippen LogP contribution in [0.15, 0.2) is 0 Å². The molecule has 13 heavy (non-hydrogen) atoms. The van der Waals surface area contributed by atoms with Crippen LogP contribution in [0.25, 0.3) is 0 Å². The fraction of sp³-hybridized carbons (Fsp3) is 1.00. The van der Waals surface area contributed by atoms with E-state index in [4.69, 9.17) is 0 Å². The Morgan fingerprint density at radius 3 is 2.15 bits per heavy atom. The Kier molecular flexibility index (Phi) is 2.92. The monoisotopic (exact) mass is 181 g/mol. The van der Waals surface area contributed by atoms with E-state index in [9.17, 15) is 0 Å². The summed E-state index contributed by atoms with van der Waals surface area (Å²) < 4.78 is 0. The lowest BCUT2D eigenvalue weighted by molar-refractivity contribution is 0.0426. The van der Waals surface area contributed by atoms with E-state index in [1.165, 1.54) is 45.2 Å². The summed E-state index contributed by atoms with van der Waals surface area (Å²) in [6.45, 7) is 7.51. The summed E-state index contributed by atoms with van der Waals surface area (Å²) in [5, 5.41) is 0. The van der Waals surface area contributed by atoms with Gasteiger partial charge in [0.15, 0.2) is 0 Å². The average molecular weight is 181 g/mol. The van der Waals surface area contributed by atoms with Gasteiger partial charge in [-0.25, -0.2) is 0 Å². The summed E-state index contributed by atoms with van der Waals surface area (Å²) >= 11 is 0. The molecule has 1 saturated carbocycles. The molecule has 0 aromatic carbocycles. The molecule has 0 aromatic heterocycles. The van der Waals surface area contributed by atoms with E-state index in [0.29, 0.717) is 0 Å². The lowest BCUT2D eigenvalue weighted by Crippen LogP contribution is -2.48. The summed E-state index contributed by atoms with van der Waals surface area (Å²) in [5.41, 5.74) is 0. The highest BCUT2D eigenvalue weighted by atomic mass is 15.2. The minimum absolute atomic E-state index is 0.918. The van der Waals surface area contributed by atoms with Crippen LogP contribution in [0.3, 0.4) is 0 Å². The van der Waals surface area contributed by atoms with Crippen molar-refractivity contribution in [2.45, 2.75) is 52.0 Å². The largest absolute Gasteiger partial charge is 0.300 e. The lowest BCUT2D eigenvalue weighted by atomic mass is 9.72. The molecular weight excluding hydrogens is 158 g/mol. The normalized spacial score (nSPS) is 36.2. The molecule has 0 unspecified atom stereocenters. The number of hydrogen-bond acceptors (Lipinski definition) is 1. The van der Waals surface area contributed by atoms with Crippen molar-refractivity contribution < 1.29 is 0 Å². The van der Waals surface area contributed by atoms with Crippen molar-refractivity contribution in [3.8, 4) is 0 Å². The predicted octanol–water partition coefficient (Wildman–Crippen LogP) is 2.91. The van der Waals surface area contributed by atoms with Crippen molar-refractivity contribution in [2.75, 3.05) is 13.1 Å². The molecule has 1 nitrogen and oxygen atoms in total. The molecule has 1 aliphatic heterocycles. The van der Waals surface area contributed by atoms with Crippen LogP contribution in [0, 0.1) is 11.8 Å². The maximum absolute atomic E-state index is 2.74. The lowest BCUT2D eigenvalue weighted by Gasteiger charge is -2.46. The first kappa shape index (κ1) is 9.51. The van der Waals surface area contributed by atoms with Crippen LogP contribution < -0.4 is 0 Å². The quantitative estimate of drug-likeness (QED) is 0.633. The molecule has 0 spiro atoms. The topological polar surface area (TPSA) is 3.24 Å². The Bertz CT molecular complexity index is 153. The van der Waals surface area contributed by atoms with Crippen LogP contribution in [0.5, 0.6) is 0 Å². The predicted molar refractivity (Wildman–Crippen MR) is 56.8 cm³/mol. The maximum Gasteiger partial charge on any atom is 0.0101 e. The van der Waals surface area contributed by atoms with Crippen molar-refractivity contribution in [1.29, 1.82) is 0 Å². The number of nitrogens with zero attached hydrogens (tertiary/aromatic N) is 1. The van der Waals surface area contributed by atoms with Gasteiger partial charge in [0, 0.05) is 6.04 Å². The van der Waals surface area contributed by atoms with E-state index in [1.54, 1.807) is 0 Å². The highest BCUT2D eigenvalue weighted by molar-refractivity contribution is 4.89. The van der Waals surface area contributed by atoms with E-state index in [1.807, 2.05) is 0 Å². The number of piperidine rings is 1. The van der Waals surface area contributed by atoms with Gasteiger partial charge in [-0.15, -0.1) is 0 Å². The third kappa shape index (κ3) is 2.07. The smallest absolute Gasteiger partial charge is 0.0101 e. The number of likely N-dealkylation sites (tertiary alicyclic amines) is 1. The molecule has 0 amide bonds. The van der Waals surface area contributed by atoms with Gasteiger partial charge >= 0.3 is 0 Å². The van der Waals surface area contributed by atoms with Crippen LogP contribution >= 0.6 is 0 Å². The Hall–Kier alpha value is -0.0400. The average Bonchev–Trinajstić information content (AvgIpc) is 2.02. The van der Waals surface area contributed by atoms with Crippen molar-refractivity contribution in [1.82, 2.24) is 4.90 Å². The van der Waals surface area contributed by atoms with Crippen molar-refractivity contribution in [3.05, 3.63) is 0 Å². The summed E-state index contributed by atoms with van der Waals surface area (Å²) in [6, 6.07) is 0.965. The second kappa shape index (κ2) is 4.00. The van der Waals surface area contributed by atoms with Crippen molar-refractivity contribution in [3.63, 3.8) is 0 Å². The molecule has 2 aliphatic rings. The first-order valence-corrected chi connectivity index (χ1v) is 6.01. The highest BCUT2D eigenvalue weighted by Gasteiger charge is 2.35. The van der Waals surface area contributed by atoms with Crippen LogP contribution in [0.4, 0.5) is 0 Å². The molecule has 2 rings (SSSR count). The zero-order valence-corrected chi connectivity index (χ0v) is 9.13. The molecule has 1 aliphatic carbocycles. The van der Waals surface area contributed by atoms with Gasteiger partial charge in [-0.3, -0.25) is 0 Å². The Balaban J connectivity index is 1.72. The molecule has 0 aromatic rings. The molecule has 0 radical (unpaired) electrons. The van der Waals surface area contributed by atoms with Gasteiger partial charge in [-0.2, -0.15) is 0 Å². The van der Waals surface area contributed by atoms with Gasteiger partial charge in [-0.05, 0) is 50.6 Å². The SMILES string of the molecule is CC(C)[C@H]1C[C@@H](N2CCCCC2)C1. The van der Waals surface area contributed by atoms with Crippen LogP contribution in [-0.4, -0.2) is 24.0 Å². The molecule has 0 atom stereocenters. The van der Waals surface area contributed by atoms with E-state index >= 15 is 0 Å². The Morgan fingerprint density at radius 1 is 1.00 bits per heavy atom. The zero-order valence-electron chi connectivity index (χ0n) is 9.13.